The van der Waals surface area contributed by atoms with Crippen LogP contribution in [-0.2, 0) is 4.79 Å². The third-order valence-electron chi connectivity index (χ3n) is 5.01. The van der Waals surface area contributed by atoms with Gasteiger partial charge in [0.05, 0.1) is 30.2 Å². The number of carbonyl (C=O) groups is 2. The Kier molecular flexibility index (Phi) is 6.66. The van der Waals surface area contributed by atoms with Gasteiger partial charge in [-0.1, -0.05) is 27.9 Å². The first-order chi connectivity index (χ1) is 15.4. The number of pyridine rings is 1. The van der Waals surface area contributed by atoms with Crippen LogP contribution in [0, 0.1) is 0 Å². The van der Waals surface area contributed by atoms with Gasteiger partial charge in [-0.05, 0) is 30.3 Å². The number of amides is 2. The fraction of sp³-hybridized carbons (Fsp3) is 0.238. The van der Waals surface area contributed by atoms with Crippen molar-refractivity contribution in [1.82, 2.24) is 19.7 Å². The van der Waals surface area contributed by atoms with Crippen LogP contribution in [0.1, 0.15) is 10.4 Å². The predicted octanol–water partition coefficient (Wildman–Crippen LogP) is 3.25. The van der Waals surface area contributed by atoms with Crippen LogP contribution in [0.25, 0.3) is 5.82 Å². The van der Waals surface area contributed by atoms with E-state index in [0.717, 1.165) is 22.4 Å². The molecule has 0 spiro atoms. The zero-order valence-electron chi connectivity index (χ0n) is 17.6. The average Bonchev–Trinajstić information content (AvgIpc) is 3.26. The Morgan fingerprint density at radius 1 is 1.16 bits per heavy atom. The van der Waals surface area contributed by atoms with Crippen molar-refractivity contribution in [2.75, 3.05) is 47.9 Å². The number of halogens is 1. The number of piperazine rings is 1. The lowest BCUT2D eigenvalue weighted by molar-refractivity contribution is -0.129. The van der Waals surface area contributed by atoms with E-state index >= 15 is 0 Å². The van der Waals surface area contributed by atoms with Crippen molar-refractivity contribution < 1.29 is 9.59 Å². The summed E-state index contributed by atoms with van der Waals surface area (Å²) in [6, 6.07) is 9.34. The van der Waals surface area contributed by atoms with Crippen LogP contribution in [0.4, 0.5) is 17.1 Å². The number of benzene rings is 1. The molecule has 3 heterocycles. The van der Waals surface area contributed by atoms with Crippen molar-refractivity contribution >= 4 is 56.8 Å². The third-order valence-corrected chi connectivity index (χ3v) is 5.91. The zero-order chi connectivity index (χ0) is 22.7. The minimum atomic E-state index is -0.267. The van der Waals surface area contributed by atoms with Crippen LogP contribution in [-0.4, -0.2) is 64.4 Å². The summed E-state index contributed by atoms with van der Waals surface area (Å²) in [5.74, 6) is 0.407. The number of carbonyl (C=O) groups excluding carboxylic acids is 2. The molecule has 0 radical (unpaired) electrons. The fourth-order valence-corrected chi connectivity index (χ4v) is 4.13. The van der Waals surface area contributed by atoms with Gasteiger partial charge in [0.15, 0.2) is 5.82 Å². The molecule has 3 aromatic rings. The average molecular weight is 516 g/mol. The molecule has 1 aliphatic heterocycles. The van der Waals surface area contributed by atoms with E-state index in [-0.39, 0.29) is 11.8 Å². The lowest BCUT2D eigenvalue weighted by Crippen LogP contribution is -2.48. The van der Waals surface area contributed by atoms with Crippen molar-refractivity contribution in [2.45, 2.75) is 0 Å². The highest BCUT2D eigenvalue weighted by Gasteiger charge is 2.21. The molecular weight excluding hydrogens is 494 g/mol. The molecule has 1 saturated heterocycles. The molecule has 0 unspecified atom stereocenters. The van der Waals surface area contributed by atoms with E-state index in [4.69, 9.17) is 0 Å². The number of nitrogens with one attached hydrogen (secondary N) is 2. The largest absolute Gasteiger partial charge is 0.359 e. The number of rotatable bonds is 6. The molecule has 1 fully saturated rings. The van der Waals surface area contributed by atoms with E-state index in [1.807, 2.05) is 48.5 Å². The summed E-state index contributed by atoms with van der Waals surface area (Å²) in [5.41, 5.74) is 2.84. The van der Waals surface area contributed by atoms with Crippen LogP contribution in [0.15, 0.2) is 53.4 Å². The monoisotopic (exact) mass is 515 g/mol. The number of hydrogen-bond acceptors (Lipinski definition) is 7. The highest BCUT2D eigenvalue weighted by atomic mass is 79.9. The van der Waals surface area contributed by atoms with Gasteiger partial charge in [-0.2, -0.15) is 5.10 Å². The quantitative estimate of drug-likeness (QED) is 0.486. The molecule has 4 rings (SSSR count). The van der Waals surface area contributed by atoms with Gasteiger partial charge >= 0.3 is 0 Å². The molecule has 0 atom stereocenters. The fourth-order valence-electron chi connectivity index (χ4n) is 3.29. The first-order valence-electron chi connectivity index (χ1n) is 9.84. The number of nitrogens with zero attached hydrogens (tertiary/aromatic N) is 5. The van der Waals surface area contributed by atoms with Gasteiger partial charge in [0.25, 0.3) is 5.91 Å². The number of aromatic nitrogens is 3. The van der Waals surface area contributed by atoms with Gasteiger partial charge in [0, 0.05) is 48.4 Å². The van der Waals surface area contributed by atoms with Crippen LogP contribution < -0.4 is 14.9 Å². The van der Waals surface area contributed by atoms with Crippen molar-refractivity contribution in [2.24, 2.45) is 0 Å². The van der Waals surface area contributed by atoms with E-state index in [1.165, 1.54) is 18.1 Å². The molecule has 32 heavy (non-hydrogen) atoms. The summed E-state index contributed by atoms with van der Waals surface area (Å²) < 4.78 is 5.55. The minimum Gasteiger partial charge on any atom is -0.359 e. The van der Waals surface area contributed by atoms with Crippen molar-refractivity contribution in [3.63, 3.8) is 0 Å². The van der Waals surface area contributed by atoms with Gasteiger partial charge < -0.3 is 19.8 Å². The Morgan fingerprint density at radius 2 is 1.97 bits per heavy atom. The van der Waals surface area contributed by atoms with Crippen LogP contribution in [0.3, 0.4) is 0 Å². The van der Waals surface area contributed by atoms with Crippen LogP contribution in [0.2, 0.25) is 0 Å². The maximum Gasteiger partial charge on any atom is 0.258 e. The van der Waals surface area contributed by atoms with Gasteiger partial charge in [-0.15, -0.1) is 0 Å². The maximum atomic E-state index is 12.7. The second kappa shape index (κ2) is 9.61. The standard InChI is InChI=1S/C21H22BrN7O2S/c1-27-5-6-28(13-20(27)30)18-3-4-19(23-11-18)29-12-14(10-24-29)21(31)25-16-7-15(22)8-17(9-16)26-32-2/h3-4,7-12,26H,5-6,13H2,1-2H3,(H,25,31). The van der Waals surface area contributed by atoms with Crippen molar-refractivity contribution in [3.05, 3.63) is 59.0 Å². The molecule has 2 amide bonds. The smallest absolute Gasteiger partial charge is 0.258 e. The first-order valence-corrected chi connectivity index (χ1v) is 11.9. The molecule has 2 aromatic heterocycles. The maximum absolute atomic E-state index is 12.7. The van der Waals surface area contributed by atoms with Gasteiger partial charge in [-0.25, -0.2) is 9.67 Å². The van der Waals surface area contributed by atoms with E-state index in [9.17, 15) is 9.59 Å². The number of hydrogen-bond donors (Lipinski definition) is 2. The summed E-state index contributed by atoms with van der Waals surface area (Å²) in [4.78, 5) is 32.8. The first kappa shape index (κ1) is 22.2. The molecule has 0 bridgehead atoms. The second-order valence-corrected chi connectivity index (χ2v) is 8.80. The summed E-state index contributed by atoms with van der Waals surface area (Å²) >= 11 is 4.93. The van der Waals surface area contributed by atoms with Gasteiger partial charge in [0.1, 0.15) is 0 Å². The molecule has 2 N–H and O–H groups in total. The third kappa shape index (κ3) is 5.05. The normalized spacial score (nSPS) is 13.9. The highest BCUT2D eigenvalue weighted by molar-refractivity contribution is 9.10. The highest BCUT2D eigenvalue weighted by Crippen LogP contribution is 2.25. The van der Waals surface area contributed by atoms with E-state index in [2.05, 4.69) is 36.1 Å². The van der Waals surface area contributed by atoms with E-state index in [1.54, 1.807) is 22.0 Å². The molecule has 1 aliphatic rings. The Bertz CT molecular complexity index is 1140. The summed E-state index contributed by atoms with van der Waals surface area (Å²) in [5, 5.41) is 7.16. The van der Waals surface area contributed by atoms with Crippen LogP contribution >= 0.6 is 27.9 Å². The van der Waals surface area contributed by atoms with Crippen molar-refractivity contribution in [1.29, 1.82) is 0 Å². The molecule has 11 heteroatoms. The molecule has 166 valence electrons. The molecule has 0 saturated carbocycles. The molecule has 1 aromatic carbocycles. The van der Waals surface area contributed by atoms with Gasteiger partial charge in [-0.3, -0.25) is 9.59 Å². The minimum absolute atomic E-state index is 0.0878. The lowest BCUT2D eigenvalue weighted by Gasteiger charge is -2.33. The Hall–Kier alpha value is -3.05. The number of likely N-dealkylation sites (N-methyl/N-ethyl adjacent to an activating group) is 1. The molecule has 0 aliphatic carbocycles. The predicted molar refractivity (Wildman–Crippen MR) is 130 cm³/mol. The lowest BCUT2D eigenvalue weighted by atomic mass is 10.2. The SMILES string of the molecule is CSNc1cc(Br)cc(NC(=O)c2cnn(-c3ccc(N4CCN(C)C(=O)C4)cn3)c2)c1. The number of anilines is 3. The van der Waals surface area contributed by atoms with Gasteiger partial charge in [0.2, 0.25) is 5.91 Å². The topological polar surface area (TPSA) is 95.4 Å². The second-order valence-electron chi connectivity index (χ2n) is 7.27. The molecular formula is C21H22BrN7O2S. The summed E-state index contributed by atoms with van der Waals surface area (Å²) in [6.07, 6.45) is 6.79. The van der Waals surface area contributed by atoms with E-state index < -0.39 is 0 Å². The van der Waals surface area contributed by atoms with Crippen LogP contribution in [0.5, 0.6) is 0 Å². The Balaban J connectivity index is 1.44. The Labute approximate surface area is 198 Å². The Morgan fingerprint density at radius 3 is 2.69 bits per heavy atom. The van der Waals surface area contributed by atoms with Crippen molar-refractivity contribution in [3.8, 4) is 5.82 Å². The summed E-state index contributed by atoms with van der Waals surface area (Å²) in [7, 11) is 1.81. The summed E-state index contributed by atoms with van der Waals surface area (Å²) in [6.45, 7) is 1.79. The van der Waals surface area contributed by atoms with E-state index in [0.29, 0.717) is 30.2 Å². The molecule has 9 nitrogen and oxygen atoms in total. The zero-order valence-corrected chi connectivity index (χ0v) is 20.0.